The normalized spacial score (nSPS) is 23.9. The highest BCUT2D eigenvalue weighted by molar-refractivity contribution is 6.35. The summed E-state index contributed by atoms with van der Waals surface area (Å²) in [6.45, 7) is 2.65. The van der Waals surface area contributed by atoms with Gasteiger partial charge in [-0.3, -0.25) is 19.2 Å². The van der Waals surface area contributed by atoms with E-state index in [-0.39, 0.29) is 47.6 Å². The third-order valence-electron chi connectivity index (χ3n) is 9.56. The molecule has 3 aliphatic rings. The molecule has 2 amide bonds. The maximum atomic E-state index is 14.0. The van der Waals surface area contributed by atoms with Crippen LogP contribution in [0.2, 0.25) is 5.02 Å². The SMILES string of the molecule is CCC(=O)[C@H](C[C@@H]1CCCC1=O)NC(=O)[C@@H]1[C@H]2CCC[C@H]2CN1C(=O)c1cc2c(Cl)cc(OCc3ccccc3)cc2[nH]1. The lowest BCUT2D eigenvalue weighted by molar-refractivity contribution is -0.131. The van der Waals surface area contributed by atoms with Crippen LogP contribution in [0.4, 0.5) is 0 Å². The number of H-pyrrole nitrogens is 1. The molecule has 2 aliphatic carbocycles. The number of ether oxygens (including phenoxy) is 1. The maximum absolute atomic E-state index is 14.0. The molecular formula is C34H38ClN3O5. The van der Waals surface area contributed by atoms with Gasteiger partial charge in [-0.25, -0.2) is 0 Å². The summed E-state index contributed by atoms with van der Waals surface area (Å²) in [4.78, 5) is 58.0. The van der Waals surface area contributed by atoms with Crippen molar-refractivity contribution in [1.82, 2.24) is 15.2 Å². The number of aromatic amines is 1. The molecule has 2 N–H and O–H groups in total. The first-order valence-corrected chi connectivity index (χ1v) is 15.9. The molecule has 6 rings (SSSR count). The number of ketones is 2. The van der Waals surface area contributed by atoms with Crippen LogP contribution in [-0.2, 0) is 21.0 Å². The molecule has 8 nitrogen and oxygen atoms in total. The van der Waals surface area contributed by atoms with Crippen LogP contribution in [0.15, 0.2) is 48.5 Å². The van der Waals surface area contributed by atoms with Crippen molar-refractivity contribution in [3.05, 3.63) is 64.8 Å². The predicted molar refractivity (Wildman–Crippen MR) is 164 cm³/mol. The molecule has 5 atom stereocenters. The Balaban J connectivity index is 1.22. The molecule has 2 heterocycles. The lowest BCUT2D eigenvalue weighted by Gasteiger charge is -2.29. The van der Waals surface area contributed by atoms with Crippen LogP contribution in [-0.4, -0.2) is 51.9 Å². The van der Waals surface area contributed by atoms with Crippen molar-refractivity contribution in [2.45, 2.75) is 77.0 Å². The van der Waals surface area contributed by atoms with Gasteiger partial charge in [0.15, 0.2) is 5.78 Å². The summed E-state index contributed by atoms with van der Waals surface area (Å²) < 4.78 is 5.97. The Morgan fingerprint density at radius 1 is 1.09 bits per heavy atom. The fourth-order valence-electron chi connectivity index (χ4n) is 7.31. The summed E-state index contributed by atoms with van der Waals surface area (Å²) in [6.07, 6.45) is 5.57. The van der Waals surface area contributed by atoms with E-state index in [1.165, 1.54) is 0 Å². The molecule has 1 saturated heterocycles. The molecule has 3 fully saturated rings. The highest BCUT2D eigenvalue weighted by Crippen LogP contribution is 2.43. The lowest BCUT2D eigenvalue weighted by Crippen LogP contribution is -2.53. The number of carbonyl (C=O) groups is 4. The Kier molecular flexibility index (Phi) is 8.57. The van der Waals surface area contributed by atoms with Gasteiger partial charge in [0.1, 0.15) is 29.9 Å². The molecule has 2 saturated carbocycles. The van der Waals surface area contributed by atoms with Crippen LogP contribution in [0.25, 0.3) is 10.9 Å². The van der Waals surface area contributed by atoms with Crippen molar-refractivity contribution in [1.29, 1.82) is 0 Å². The molecule has 226 valence electrons. The number of fused-ring (bicyclic) bond motifs is 2. The first-order valence-electron chi connectivity index (χ1n) is 15.5. The molecule has 0 spiro atoms. The third kappa shape index (κ3) is 6.07. The first kappa shape index (κ1) is 29.4. The van der Waals surface area contributed by atoms with Crippen molar-refractivity contribution < 1.29 is 23.9 Å². The number of halogens is 1. The van der Waals surface area contributed by atoms with Crippen LogP contribution in [0.1, 0.15) is 74.3 Å². The van der Waals surface area contributed by atoms with Gasteiger partial charge < -0.3 is 19.9 Å². The van der Waals surface area contributed by atoms with Gasteiger partial charge in [-0.1, -0.05) is 55.3 Å². The summed E-state index contributed by atoms with van der Waals surface area (Å²) in [5.41, 5.74) is 2.06. The van der Waals surface area contributed by atoms with E-state index in [1.54, 1.807) is 24.0 Å². The number of benzene rings is 2. The highest BCUT2D eigenvalue weighted by atomic mass is 35.5. The largest absolute Gasteiger partial charge is 0.489 e. The molecule has 43 heavy (non-hydrogen) atoms. The van der Waals surface area contributed by atoms with Gasteiger partial charge in [0.25, 0.3) is 5.91 Å². The first-order chi connectivity index (χ1) is 20.8. The Hall–Kier alpha value is -3.65. The molecule has 0 radical (unpaired) electrons. The second-order valence-corrected chi connectivity index (χ2v) is 12.7. The number of rotatable bonds is 10. The summed E-state index contributed by atoms with van der Waals surface area (Å²) in [7, 11) is 0. The number of likely N-dealkylation sites (tertiary alicyclic amines) is 1. The summed E-state index contributed by atoms with van der Waals surface area (Å²) in [5.74, 6) is 0.193. The van der Waals surface area contributed by atoms with Crippen LogP contribution in [0, 0.1) is 17.8 Å². The predicted octanol–water partition coefficient (Wildman–Crippen LogP) is 5.86. The Morgan fingerprint density at radius 3 is 2.65 bits per heavy atom. The summed E-state index contributed by atoms with van der Waals surface area (Å²) in [6, 6.07) is 13.7. The van der Waals surface area contributed by atoms with Gasteiger partial charge in [0.05, 0.1) is 16.6 Å². The van der Waals surface area contributed by atoms with E-state index in [0.29, 0.717) is 53.4 Å². The van der Waals surface area contributed by atoms with Crippen molar-refractivity contribution in [3.8, 4) is 5.75 Å². The average molecular weight is 604 g/mol. The van der Waals surface area contributed by atoms with Crippen molar-refractivity contribution in [3.63, 3.8) is 0 Å². The highest BCUT2D eigenvalue weighted by Gasteiger charge is 2.50. The Morgan fingerprint density at radius 2 is 1.91 bits per heavy atom. The fourth-order valence-corrected chi connectivity index (χ4v) is 7.57. The van der Waals surface area contributed by atoms with Gasteiger partial charge >= 0.3 is 0 Å². The quantitative estimate of drug-likeness (QED) is 0.302. The van der Waals surface area contributed by atoms with E-state index < -0.39 is 12.1 Å². The van der Waals surface area contributed by atoms with Crippen molar-refractivity contribution in [2.24, 2.45) is 17.8 Å². The standard InChI is InChI=1S/C34H38ClN3O5/c1-2-30(39)28(14-21-10-7-13-31(21)40)37-33(41)32-24-12-6-11-22(24)18-38(32)34(42)29-17-25-26(35)15-23(16-27(25)36-29)43-19-20-8-4-3-5-9-20/h3-5,8-9,15-17,21-22,24,28,32,36H,2,6-7,10-14,18-19H2,1H3,(H,37,41)/t21-,22-,24-,28-,32-/m0/s1. The van der Waals surface area contributed by atoms with Crippen LogP contribution >= 0.6 is 11.6 Å². The number of amides is 2. The van der Waals surface area contributed by atoms with E-state index in [0.717, 1.165) is 37.7 Å². The number of carbonyl (C=O) groups excluding carboxylic acids is 4. The van der Waals surface area contributed by atoms with Crippen LogP contribution in [0.3, 0.4) is 0 Å². The Labute approximate surface area is 256 Å². The molecule has 0 bridgehead atoms. The van der Waals surface area contributed by atoms with Crippen LogP contribution < -0.4 is 10.1 Å². The second kappa shape index (κ2) is 12.5. The smallest absolute Gasteiger partial charge is 0.271 e. The maximum Gasteiger partial charge on any atom is 0.271 e. The van der Waals surface area contributed by atoms with E-state index in [1.807, 2.05) is 36.4 Å². The van der Waals surface area contributed by atoms with Gasteiger partial charge in [-0.15, -0.1) is 0 Å². The minimum Gasteiger partial charge on any atom is -0.489 e. The number of hydrogen-bond donors (Lipinski definition) is 2. The number of aromatic nitrogens is 1. The van der Waals surface area contributed by atoms with Gasteiger partial charge in [0, 0.05) is 36.8 Å². The molecule has 9 heteroatoms. The summed E-state index contributed by atoms with van der Waals surface area (Å²) >= 11 is 6.61. The third-order valence-corrected chi connectivity index (χ3v) is 9.88. The zero-order chi connectivity index (χ0) is 30.1. The second-order valence-electron chi connectivity index (χ2n) is 12.3. The topological polar surface area (TPSA) is 109 Å². The Bertz CT molecular complexity index is 1540. The summed E-state index contributed by atoms with van der Waals surface area (Å²) in [5, 5.41) is 4.16. The van der Waals surface area contributed by atoms with E-state index in [9.17, 15) is 19.2 Å². The molecular weight excluding hydrogens is 566 g/mol. The molecule has 1 aromatic heterocycles. The van der Waals surface area contributed by atoms with E-state index in [2.05, 4.69) is 10.3 Å². The number of Topliss-reactive ketones (excluding diaryl/α,β-unsaturated/α-hetero) is 2. The van der Waals surface area contributed by atoms with Gasteiger partial charge in [-0.2, -0.15) is 0 Å². The van der Waals surface area contributed by atoms with Gasteiger partial charge in [0.2, 0.25) is 5.91 Å². The number of hydrogen-bond acceptors (Lipinski definition) is 5. The molecule has 1 aliphatic heterocycles. The minimum absolute atomic E-state index is 0.0420. The van der Waals surface area contributed by atoms with Crippen molar-refractivity contribution in [2.75, 3.05) is 6.54 Å². The molecule has 3 aromatic rings. The number of nitrogens with one attached hydrogen (secondary N) is 2. The minimum atomic E-state index is -0.719. The fraction of sp³-hybridized carbons (Fsp3) is 0.471. The zero-order valence-corrected chi connectivity index (χ0v) is 25.2. The van der Waals surface area contributed by atoms with E-state index >= 15 is 0 Å². The molecule has 2 aromatic carbocycles. The van der Waals surface area contributed by atoms with Crippen LogP contribution in [0.5, 0.6) is 5.75 Å². The van der Waals surface area contributed by atoms with Gasteiger partial charge in [-0.05, 0) is 61.6 Å². The zero-order valence-electron chi connectivity index (χ0n) is 24.4. The molecule has 0 unspecified atom stereocenters. The number of nitrogens with zero attached hydrogens (tertiary/aromatic N) is 1. The monoisotopic (exact) mass is 603 g/mol. The average Bonchev–Trinajstić information content (AvgIpc) is 3.80. The van der Waals surface area contributed by atoms with E-state index in [4.69, 9.17) is 16.3 Å². The van der Waals surface area contributed by atoms with Crippen molar-refractivity contribution >= 4 is 45.9 Å². The lowest BCUT2D eigenvalue weighted by atomic mass is 9.91.